The van der Waals surface area contributed by atoms with Crippen LogP contribution in [-0.2, 0) is 14.3 Å². The summed E-state index contributed by atoms with van der Waals surface area (Å²) < 4.78 is 5.37. The van der Waals surface area contributed by atoms with Crippen molar-refractivity contribution in [1.82, 2.24) is 14.7 Å². The standard InChI is InChI=1S/C15H25N3O3/c1-4-13(19)16(3)10-14(20)17-6-8-18(9-7-17)15(5-2)11-21-12-15/h4H,1,5-12H2,2-3H3. The van der Waals surface area contributed by atoms with Crippen LogP contribution in [-0.4, -0.2) is 85.0 Å². The molecular formula is C15H25N3O3. The Bertz CT molecular complexity index is 407. The third-order valence-corrected chi connectivity index (χ3v) is 4.63. The number of carbonyl (C=O) groups is 2. The molecule has 0 spiro atoms. The summed E-state index contributed by atoms with van der Waals surface area (Å²) in [6.45, 7) is 10.5. The minimum Gasteiger partial charge on any atom is -0.377 e. The zero-order valence-corrected chi connectivity index (χ0v) is 13.0. The van der Waals surface area contributed by atoms with Gasteiger partial charge in [-0.1, -0.05) is 13.5 Å². The maximum atomic E-state index is 12.2. The number of amides is 2. The van der Waals surface area contributed by atoms with Gasteiger partial charge in [-0.25, -0.2) is 0 Å². The van der Waals surface area contributed by atoms with Crippen LogP contribution in [0.25, 0.3) is 0 Å². The lowest BCUT2D eigenvalue weighted by molar-refractivity contribution is -0.158. The smallest absolute Gasteiger partial charge is 0.246 e. The van der Waals surface area contributed by atoms with Crippen molar-refractivity contribution < 1.29 is 14.3 Å². The van der Waals surface area contributed by atoms with Gasteiger partial charge in [0, 0.05) is 33.2 Å². The highest BCUT2D eigenvalue weighted by atomic mass is 16.5. The van der Waals surface area contributed by atoms with Crippen LogP contribution in [0.2, 0.25) is 0 Å². The van der Waals surface area contributed by atoms with Crippen LogP contribution in [0.5, 0.6) is 0 Å². The molecule has 21 heavy (non-hydrogen) atoms. The maximum Gasteiger partial charge on any atom is 0.246 e. The lowest BCUT2D eigenvalue weighted by Gasteiger charge is -2.52. The van der Waals surface area contributed by atoms with Gasteiger partial charge in [0.2, 0.25) is 11.8 Å². The molecule has 0 radical (unpaired) electrons. The molecule has 2 rings (SSSR count). The molecule has 2 amide bonds. The van der Waals surface area contributed by atoms with Crippen molar-refractivity contribution >= 4 is 11.8 Å². The van der Waals surface area contributed by atoms with E-state index in [0.29, 0.717) is 0 Å². The van der Waals surface area contributed by atoms with E-state index >= 15 is 0 Å². The summed E-state index contributed by atoms with van der Waals surface area (Å²) in [7, 11) is 1.62. The topological polar surface area (TPSA) is 53.1 Å². The van der Waals surface area contributed by atoms with Crippen molar-refractivity contribution in [2.45, 2.75) is 18.9 Å². The zero-order chi connectivity index (χ0) is 15.5. The number of hydrogen-bond acceptors (Lipinski definition) is 4. The molecule has 6 heteroatoms. The predicted octanol–water partition coefficient (Wildman–Crippen LogP) is -0.0460. The van der Waals surface area contributed by atoms with E-state index in [1.165, 1.54) is 11.0 Å². The fraction of sp³-hybridized carbons (Fsp3) is 0.733. The molecule has 0 atom stereocenters. The summed E-state index contributed by atoms with van der Waals surface area (Å²) in [6, 6.07) is 0. The molecule has 0 aliphatic carbocycles. The van der Waals surface area contributed by atoms with Crippen LogP contribution >= 0.6 is 0 Å². The van der Waals surface area contributed by atoms with E-state index in [-0.39, 0.29) is 23.9 Å². The van der Waals surface area contributed by atoms with Crippen molar-refractivity contribution in [2.24, 2.45) is 0 Å². The van der Waals surface area contributed by atoms with Gasteiger partial charge in [-0.05, 0) is 12.5 Å². The number of carbonyl (C=O) groups excluding carboxylic acids is 2. The first kappa shape index (κ1) is 16.0. The Morgan fingerprint density at radius 2 is 1.90 bits per heavy atom. The first-order valence-corrected chi connectivity index (χ1v) is 7.50. The molecule has 0 N–H and O–H groups in total. The summed E-state index contributed by atoms with van der Waals surface area (Å²) in [4.78, 5) is 29.3. The molecule has 2 aliphatic rings. The number of piperazine rings is 1. The Labute approximate surface area is 126 Å². The fourth-order valence-corrected chi connectivity index (χ4v) is 2.91. The van der Waals surface area contributed by atoms with Crippen LogP contribution < -0.4 is 0 Å². The average Bonchev–Trinajstić information content (AvgIpc) is 2.46. The normalized spacial score (nSPS) is 21.5. The van der Waals surface area contributed by atoms with Crippen molar-refractivity contribution in [3.05, 3.63) is 12.7 Å². The second-order valence-corrected chi connectivity index (χ2v) is 5.84. The number of rotatable bonds is 5. The van der Waals surface area contributed by atoms with Crippen LogP contribution in [0.1, 0.15) is 13.3 Å². The van der Waals surface area contributed by atoms with Gasteiger partial charge >= 0.3 is 0 Å². The second kappa shape index (κ2) is 6.58. The van der Waals surface area contributed by atoms with E-state index in [1.54, 1.807) is 7.05 Å². The highest BCUT2D eigenvalue weighted by Crippen LogP contribution is 2.29. The Hall–Kier alpha value is -1.40. The number of ether oxygens (including phenoxy) is 1. The number of nitrogens with zero attached hydrogens (tertiary/aromatic N) is 3. The van der Waals surface area contributed by atoms with Crippen molar-refractivity contribution in [3.63, 3.8) is 0 Å². The van der Waals surface area contributed by atoms with Gasteiger partial charge in [-0.15, -0.1) is 0 Å². The van der Waals surface area contributed by atoms with Gasteiger partial charge in [0.25, 0.3) is 0 Å². The second-order valence-electron chi connectivity index (χ2n) is 5.84. The van der Waals surface area contributed by atoms with Gasteiger partial charge in [0.15, 0.2) is 0 Å². The van der Waals surface area contributed by atoms with Crippen LogP contribution in [0.4, 0.5) is 0 Å². The SMILES string of the molecule is C=CC(=O)N(C)CC(=O)N1CCN(C2(CC)COC2)CC1. The zero-order valence-electron chi connectivity index (χ0n) is 13.0. The van der Waals surface area contributed by atoms with E-state index in [1.807, 2.05) is 4.90 Å². The van der Waals surface area contributed by atoms with Gasteiger partial charge in [-0.3, -0.25) is 14.5 Å². The number of likely N-dealkylation sites (N-methyl/N-ethyl adjacent to an activating group) is 1. The number of hydrogen-bond donors (Lipinski definition) is 0. The molecule has 0 saturated carbocycles. The molecular weight excluding hydrogens is 270 g/mol. The minimum atomic E-state index is -0.224. The quantitative estimate of drug-likeness (QED) is 0.668. The molecule has 2 aliphatic heterocycles. The molecule has 2 heterocycles. The predicted molar refractivity (Wildman–Crippen MR) is 79.8 cm³/mol. The summed E-state index contributed by atoms with van der Waals surface area (Å²) in [6.07, 6.45) is 2.31. The monoisotopic (exact) mass is 295 g/mol. The minimum absolute atomic E-state index is 0.00255. The molecule has 118 valence electrons. The van der Waals surface area contributed by atoms with Gasteiger partial charge < -0.3 is 14.5 Å². The summed E-state index contributed by atoms with van der Waals surface area (Å²) in [5, 5.41) is 0. The molecule has 0 unspecified atom stereocenters. The lowest BCUT2D eigenvalue weighted by atomic mass is 9.91. The maximum absolute atomic E-state index is 12.2. The van der Waals surface area contributed by atoms with E-state index in [2.05, 4.69) is 18.4 Å². The Morgan fingerprint density at radius 1 is 1.29 bits per heavy atom. The summed E-state index contributed by atoms with van der Waals surface area (Å²) in [5.74, 6) is -0.221. The van der Waals surface area contributed by atoms with Gasteiger partial charge in [0.05, 0.1) is 25.3 Å². The summed E-state index contributed by atoms with van der Waals surface area (Å²) in [5.41, 5.74) is 0.185. The lowest BCUT2D eigenvalue weighted by Crippen LogP contribution is -2.66. The van der Waals surface area contributed by atoms with Crippen molar-refractivity contribution in [2.75, 3.05) is 53.0 Å². The van der Waals surface area contributed by atoms with E-state index in [0.717, 1.165) is 45.8 Å². The molecule has 0 bridgehead atoms. The Kier molecular flexibility index (Phi) is 5.00. The van der Waals surface area contributed by atoms with E-state index in [4.69, 9.17) is 4.74 Å². The molecule has 0 aromatic heterocycles. The van der Waals surface area contributed by atoms with Crippen molar-refractivity contribution in [3.8, 4) is 0 Å². The van der Waals surface area contributed by atoms with E-state index < -0.39 is 0 Å². The average molecular weight is 295 g/mol. The third-order valence-electron chi connectivity index (χ3n) is 4.63. The highest BCUT2D eigenvalue weighted by Gasteiger charge is 2.43. The van der Waals surface area contributed by atoms with Gasteiger partial charge in [-0.2, -0.15) is 0 Å². The first-order chi connectivity index (χ1) is 10.0. The van der Waals surface area contributed by atoms with Crippen LogP contribution in [0.15, 0.2) is 12.7 Å². The Morgan fingerprint density at radius 3 is 2.33 bits per heavy atom. The largest absolute Gasteiger partial charge is 0.377 e. The van der Waals surface area contributed by atoms with Crippen LogP contribution in [0.3, 0.4) is 0 Å². The third kappa shape index (κ3) is 3.27. The van der Waals surface area contributed by atoms with Crippen LogP contribution in [0, 0.1) is 0 Å². The van der Waals surface area contributed by atoms with Crippen molar-refractivity contribution in [1.29, 1.82) is 0 Å². The summed E-state index contributed by atoms with van der Waals surface area (Å²) >= 11 is 0. The molecule has 6 nitrogen and oxygen atoms in total. The fourth-order valence-electron chi connectivity index (χ4n) is 2.91. The highest BCUT2D eigenvalue weighted by molar-refractivity contribution is 5.90. The molecule has 2 fully saturated rings. The molecule has 0 aromatic rings. The Balaban J connectivity index is 1.82. The van der Waals surface area contributed by atoms with Gasteiger partial charge in [0.1, 0.15) is 0 Å². The molecule has 0 aromatic carbocycles. The van der Waals surface area contributed by atoms with E-state index in [9.17, 15) is 9.59 Å². The first-order valence-electron chi connectivity index (χ1n) is 7.50. The molecule has 2 saturated heterocycles.